The third-order valence-corrected chi connectivity index (χ3v) is 3.94. The molecule has 1 aliphatic rings. The molecule has 20 heavy (non-hydrogen) atoms. The summed E-state index contributed by atoms with van der Waals surface area (Å²) in [6.07, 6.45) is 1.94. The summed E-state index contributed by atoms with van der Waals surface area (Å²) in [6, 6.07) is 5.35. The predicted molar refractivity (Wildman–Crippen MR) is 82.5 cm³/mol. The number of carbonyl (C=O) groups excluding carboxylic acids is 1. The van der Waals surface area contributed by atoms with Crippen molar-refractivity contribution in [2.75, 3.05) is 38.1 Å². The lowest BCUT2D eigenvalue weighted by atomic mass is 10.1. The number of amides is 1. The van der Waals surface area contributed by atoms with Crippen LogP contribution < -0.4 is 11.5 Å². The lowest BCUT2D eigenvalue weighted by Gasteiger charge is -2.30. The van der Waals surface area contributed by atoms with Crippen molar-refractivity contribution in [3.8, 4) is 0 Å². The second-order valence-electron chi connectivity index (χ2n) is 5.52. The zero-order valence-electron chi connectivity index (χ0n) is 12.3. The molecule has 0 spiro atoms. The minimum Gasteiger partial charge on any atom is -0.399 e. The third-order valence-electron chi connectivity index (χ3n) is 3.94. The van der Waals surface area contributed by atoms with Gasteiger partial charge in [0.2, 0.25) is 0 Å². The fourth-order valence-corrected chi connectivity index (χ4v) is 2.79. The average Bonchev–Trinajstić information content (AvgIpc) is 2.59. The highest BCUT2D eigenvalue weighted by atomic mass is 16.2. The van der Waals surface area contributed by atoms with Crippen molar-refractivity contribution in [3.63, 3.8) is 0 Å². The van der Waals surface area contributed by atoms with E-state index in [1.54, 1.807) is 18.2 Å². The van der Waals surface area contributed by atoms with Gasteiger partial charge in [0, 0.05) is 30.5 Å². The lowest BCUT2D eigenvalue weighted by molar-refractivity contribution is 0.0677. The molecule has 5 nitrogen and oxygen atoms in total. The Hall–Kier alpha value is -1.75. The number of nitrogens with zero attached hydrogens (tertiary/aromatic N) is 2. The van der Waals surface area contributed by atoms with Crippen LogP contribution in [0.15, 0.2) is 18.2 Å². The molecule has 4 N–H and O–H groups in total. The van der Waals surface area contributed by atoms with E-state index in [0.717, 1.165) is 32.5 Å². The summed E-state index contributed by atoms with van der Waals surface area (Å²) in [5, 5.41) is 0. The molecule has 1 aliphatic heterocycles. The second kappa shape index (κ2) is 6.13. The molecule has 1 atom stereocenters. The molecule has 110 valence electrons. The molecule has 0 saturated carbocycles. The van der Waals surface area contributed by atoms with E-state index in [2.05, 4.69) is 18.9 Å². The van der Waals surface area contributed by atoms with E-state index in [4.69, 9.17) is 11.5 Å². The van der Waals surface area contributed by atoms with Crippen LogP contribution in [-0.2, 0) is 0 Å². The fraction of sp³-hybridized carbons (Fsp3) is 0.533. The minimum atomic E-state index is 0.0182. The molecule has 1 amide bonds. The van der Waals surface area contributed by atoms with Gasteiger partial charge in [0.1, 0.15) is 0 Å². The summed E-state index contributed by atoms with van der Waals surface area (Å²) in [5.41, 5.74) is 13.2. The molecular weight excluding hydrogens is 252 g/mol. The van der Waals surface area contributed by atoms with Gasteiger partial charge in [-0.15, -0.1) is 0 Å². The Kier molecular flexibility index (Phi) is 4.49. The Balaban J connectivity index is 2.25. The molecule has 0 bridgehead atoms. The third kappa shape index (κ3) is 3.04. The van der Waals surface area contributed by atoms with E-state index in [-0.39, 0.29) is 11.9 Å². The van der Waals surface area contributed by atoms with E-state index in [1.807, 2.05) is 4.90 Å². The van der Waals surface area contributed by atoms with Crippen molar-refractivity contribution in [1.29, 1.82) is 0 Å². The molecular formula is C15H24N4O. The zero-order valence-corrected chi connectivity index (χ0v) is 12.3. The zero-order chi connectivity index (χ0) is 14.7. The molecule has 1 aromatic carbocycles. The molecule has 1 aromatic rings. The maximum absolute atomic E-state index is 12.7. The van der Waals surface area contributed by atoms with E-state index in [9.17, 15) is 4.79 Å². The van der Waals surface area contributed by atoms with Gasteiger partial charge in [0.15, 0.2) is 0 Å². The number of hydrogen-bond donors (Lipinski definition) is 2. The van der Waals surface area contributed by atoms with Crippen LogP contribution in [0.2, 0.25) is 0 Å². The number of hydrogen-bond acceptors (Lipinski definition) is 4. The Morgan fingerprint density at radius 1 is 1.35 bits per heavy atom. The number of carbonyl (C=O) groups is 1. The number of rotatable bonds is 2. The highest BCUT2D eigenvalue weighted by Crippen LogP contribution is 2.21. The monoisotopic (exact) mass is 276 g/mol. The summed E-state index contributed by atoms with van der Waals surface area (Å²) in [6.45, 7) is 4.84. The maximum Gasteiger partial charge on any atom is 0.256 e. The lowest BCUT2D eigenvalue weighted by Crippen LogP contribution is -2.43. The molecule has 1 heterocycles. The van der Waals surface area contributed by atoms with Crippen molar-refractivity contribution >= 4 is 17.3 Å². The topological polar surface area (TPSA) is 75.6 Å². The number of nitrogens with two attached hydrogens (primary N) is 2. The van der Waals surface area contributed by atoms with Crippen LogP contribution in [0.5, 0.6) is 0 Å². The largest absolute Gasteiger partial charge is 0.399 e. The second-order valence-corrected chi connectivity index (χ2v) is 5.52. The molecule has 1 saturated heterocycles. The SMILES string of the molecule is CCC1CN(C)CCCN1C(=O)c1ccc(N)cc1N. The number of likely N-dealkylation sites (N-methyl/N-ethyl adjacent to an activating group) is 1. The van der Waals surface area contributed by atoms with Gasteiger partial charge in [-0.2, -0.15) is 0 Å². The maximum atomic E-state index is 12.7. The first-order valence-electron chi connectivity index (χ1n) is 7.17. The molecule has 1 fully saturated rings. The van der Waals surface area contributed by atoms with E-state index >= 15 is 0 Å². The molecule has 1 unspecified atom stereocenters. The van der Waals surface area contributed by atoms with Crippen LogP contribution in [0.1, 0.15) is 30.1 Å². The first-order valence-corrected chi connectivity index (χ1v) is 7.17. The number of benzene rings is 1. The van der Waals surface area contributed by atoms with Gasteiger partial charge in [0.25, 0.3) is 5.91 Å². The Bertz CT molecular complexity index is 489. The van der Waals surface area contributed by atoms with Gasteiger partial charge in [-0.05, 0) is 44.6 Å². The Labute approximate surface area is 120 Å². The summed E-state index contributed by atoms with van der Waals surface area (Å²) in [7, 11) is 2.11. The first kappa shape index (κ1) is 14.7. The minimum absolute atomic E-state index is 0.0182. The normalized spacial score (nSPS) is 20.7. The quantitative estimate of drug-likeness (QED) is 0.801. The summed E-state index contributed by atoms with van der Waals surface area (Å²) < 4.78 is 0. The van der Waals surface area contributed by atoms with Gasteiger partial charge in [-0.1, -0.05) is 6.92 Å². The van der Waals surface area contributed by atoms with Crippen molar-refractivity contribution in [3.05, 3.63) is 23.8 Å². The fourth-order valence-electron chi connectivity index (χ4n) is 2.79. The van der Waals surface area contributed by atoms with Crippen LogP contribution in [0.4, 0.5) is 11.4 Å². The smallest absolute Gasteiger partial charge is 0.256 e. The van der Waals surface area contributed by atoms with Crippen molar-refractivity contribution in [2.24, 2.45) is 0 Å². The molecule has 0 aliphatic carbocycles. The highest BCUT2D eigenvalue weighted by Gasteiger charge is 2.27. The standard InChI is InChI=1S/C15H24N4O/c1-3-12-10-18(2)7-4-8-19(12)15(20)13-6-5-11(16)9-14(13)17/h5-6,9,12H,3-4,7-8,10,16-17H2,1-2H3. The van der Waals surface area contributed by atoms with E-state index in [0.29, 0.717) is 16.9 Å². The highest BCUT2D eigenvalue weighted by molar-refractivity contribution is 5.99. The van der Waals surface area contributed by atoms with Crippen LogP contribution in [0, 0.1) is 0 Å². The van der Waals surface area contributed by atoms with Crippen molar-refractivity contribution < 1.29 is 4.79 Å². The predicted octanol–water partition coefficient (Wildman–Crippen LogP) is 1.41. The van der Waals surface area contributed by atoms with Gasteiger partial charge in [0.05, 0.1) is 5.56 Å². The van der Waals surface area contributed by atoms with Gasteiger partial charge in [-0.25, -0.2) is 0 Å². The Morgan fingerprint density at radius 3 is 2.75 bits per heavy atom. The number of nitrogen functional groups attached to an aromatic ring is 2. The van der Waals surface area contributed by atoms with Gasteiger partial charge < -0.3 is 21.3 Å². The van der Waals surface area contributed by atoms with Gasteiger partial charge >= 0.3 is 0 Å². The average molecular weight is 276 g/mol. The van der Waals surface area contributed by atoms with Crippen LogP contribution >= 0.6 is 0 Å². The molecule has 2 rings (SSSR count). The van der Waals surface area contributed by atoms with Crippen molar-refractivity contribution in [1.82, 2.24) is 9.80 Å². The summed E-state index contributed by atoms with van der Waals surface area (Å²) >= 11 is 0. The van der Waals surface area contributed by atoms with Crippen LogP contribution in [0.25, 0.3) is 0 Å². The Morgan fingerprint density at radius 2 is 2.10 bits per heavy atom. The van der Waals surface area contributed by atoms with Gasteiger partial charge in [-0.3, -0.25) is 4.79 Å². The first-order chi connectivity index (χ1) is 9.52. The van der Waals surface area contributed by atoms with Crippen LogP contribution in [-0.4, -0.2) is 48.4 Å². The molecule has 5 heteroatoms. The molecule has 0 radical (unpaired) electrons. The van der Waals surface area contributed by atoms with Crippen molar-refractivity contribution in [2.45, 2.75) is 25.8 Å². The number of anilines is 2. The summed E-state index contributed by atoms with van der Waals surface area (Å²) in [4.78, 5) is 17.0. The van der Waals surface area contributed by atoms with E-state index < -0.39 is 0 Å². The summed E-state index contributed by atoms with van der Waals surface area (Å²) in [5.74, 6) is 0.0182. The van der Waals surface area contributed by atoms with Crippen LogP contribution in [0.3, 0.4) is 0 Å². The van der Waals surface area contributed by atoms with E-state index in [1.165, 1.54) is 0 Å². The molecule has 0 aromatic heterocycles.